The summed E-state index contributed by atoms with van der Waals surface area (Å²) in [4.78, 5) is 28.6. The first-order valence-electron chi connectivity index (χ1n) is 8.91. The summed E-state index contributed by atoms with van der Waals surface area (Å²) in [5.41, 5.74) is 3.04. The molecule has 1 fully saturated rings. The van der Waals surface area contributed by atoms with Crippen molar-refractivity contribution in [2.75, 3.05) is 26.2 Å². The Balaban J connectivity index is 1.49. The van der Waals surface area contributed by atoms with Crippen LogP contribution in [-0.4, -0.2) is 47.8 Å². The Bertz CT molecular complexity index is 781. The molecule has 0 bridgehead atoms. The number of carbonyl (C=O) groups is 2. The van der Waals surface area contributed by atoms with E-state index in [0.29, 0.717) is 43.2 Å². The number of amides is 2. The van der Waals surface area contributed by atoms with Crippen molar-refractivity contribution in [3.8, 4) is 0 Å². The molecule has 2 aromatic rings. The predicted octanol–water partition coefficient (Wildman–Crippen LogP) is 3.57. The third-order valence-corrected chi connectivity index (χ3v) is 4.97. The molecule has 5 heteroatoms. The normalized spacial score (nSPS) is 14.4. The molecule has 0 spiro atoms. The molecule has 0 unspecified atom stereocenters. The van der Waals surface area contributed by atoms with E-state index in [1.54, 1.807) is 29.2 Å². The highest BCUT2D eigenvalue weighted by atomic mass is 35.5. The lowest BCUT2D eigenvalue weighted by Crippen LogP contribution is -2.50. The first-order chi connectivity index (χ1) is 12.5. The summed E-state index contributed by atoms with van der Waals surface area (Å²) in [7, 11) is 0. The molecular weight excluding hydrogens is 348 g/mol. The number of halogens is 1. The quantitative estimate of drug-likeness (QED) is 0.825. The van der Waals surface area contributed by atoms with Crippen LogP contribution in [0.2, 0.25) is 5.02 Å². The zero-order valence-corrected chi connectivity index (χ0v) is 15.7. The van der Waals surface area contributed by atoms with Crippen LogP contribution in [0, 0.1) is 6.92 Å². The molecule has 0 saturated carbocycles. The van der Waals surface area contributed by atoms with Crippen LogP contribution in [0.3, 0.4) is 0 Å². The minimum absolute atomic E-state index is 0.00599. The highest BCUT2D eigenvalue weighted by Gasteiger charge is 2.24. The van der Waals surface area contributed by atoms with Crippen molar-refractivity contribution in [1.29, 1.82) is 0 Å². The van der Waals surface area contributed by atoms with E-state index in [0.717, 1.165) is 6.42 Å². The van der Waals surface area contributed by atoms with E-state index in [1.807, 2.05) is 11.0 Å². The average molecular weight is 371 g/mol. The summed E-state index contributed by atoms with van der Waals surface area (Å²) in [6.07, 6.45) is 1.26. The molecule has 1 saturated heterocycles. The second-order valence-electron chi connectivity index (χ2n) is 6.67. The lowest BCUT2D eigenvalue weighted by atomic mass is 10.1. The number of piperazine rings is 1. The summed E-state index contributed by atoms with van der Waals surface area (Å²) in [6, 6.07) is 15.2. The summed E-state index contributed by atoms with van der Waals surface area (Å²) < 4.78 is 0. The molecule has 1 aliphatic heterocycles. The van der Waals surface area contributed by atoms with Crippen LogP contribution in [0.1, 0.15) is 27.9 Å². The van der Waals surface area contributed by atoms with E-state index < -0.39 is 0 Å². The Morgan fingerprint density at radius 2 is 1.62 bits per heavy atom. The lowest BCUT2D eigenvalue weighted by Gasteiger charge is -2.35. The van der Waals surface area contributed by atoms with Gasteiger partial charge in [-0.05, 0) is 43.2 Å². The fraction of sp³-hybridized carbons (Fsp3) is 0.333. The molecule has 1 aliphatic rings. The fourth-order valence-electron chi connectivity index (χ4n) is 3.21. The number of carbonyl (C=O) groups excluding carboxylic acids is 2. The van der Waals surface area contributed by atoms with E-state index in [4.69, 9.17) is 11.6 Å². The Hall–Kier alpha value is -2.33. The second-order valence-corrected chi connectivity index (χ2v) is 7.11. The molecule has 2 aromatic carbocycles. The minimum atomic E-state index is -0.00599. The number of aryl methyl sites for hydroxylation is 2. The molecule has 1 heterocycles. The minimum Gasteiger partial charge on any atom is -0.339 e. The Labute approximate surface area is 159 Å². The first kappa shape index (κ1) is 18.5. The molecule has 4 nitrogen and oxygen atoms in total. The molecule has 0 N–H and O–H groups in total. The van der Waals surface area contributed by atoms with Crippen molar-refractivity contribution in [2.45, 2.75) is 19.8 Å². The first-order valence-corrected chi connectivity index (χ1v) is 9.29. The number of hydrogen-bond acceptors (Lipinski definition) is 2. The molecular formula is C21H23ClN2O2. The van der Waals surface area contributed by atoms with Gasteiger partial charge in [-0.25, -0.2) is 0 Å². The lowest BCUT2D eigenvalue weighted by molar-refractivity contribution is -0.132. The van der Waals surface area contributed by atoms with Crippen LogP contribution < -0.4 is 0 Å². The summed E-state index contributed by atoms with van der Waals surface area (Å²) in [5, 5.41) is 0.616. The van der Waals surface area contributed by atoms with Crippen LogP contribution in [0.5, 0.6) is 0 Å². The zero-order valence-electron chi connectivity index (χ0n) is 15.0. The standard InChI is InChI=1S/C21H23ClN2O2/c1-16-3-2-4-17(15-16)5-10-20(25)23-11-13-24(14-12-23)21(26)18-6-8-19(22)9-7-18/h2-4,6-9,15H,5,10-14H2,1H3. The molecule has 0 atom stereocenters. The van der Waals surface area contributed by atoms with E-state index in [2.05, 4.69) is 25.1 Å². The van der Waals surface area contributed by atoms with Gasteiger partial charge in [-0.2, -0.15) is 0 Å². The van der Waals surface area contributed by atoms with Gasteiger partial charge >= 0.3 is 0 Å². The van der Waals surface area contributed by atoms with Crippen molar-refractivity contribution >= 4 is 23.4 Å². The summed E-state index contributed by atoms with van der Waals surface area (Å²) in [5.74, 6) is 0.152. The highest BCUT2D eigenvalue weighted by molar-refractivity contribution is 6.30. The predicted molar refractivity (Wildman–Crippen MR) is 103 cm³/mol. The summed E-state index contributed by atoms with van der Waals surface area (Å²) >= 11 is 5.87. The van der Waals surface area contributed by atoms with E-state index >= 15 is 0 Å². The van der Waals surface area contributed by atoms with Crippen molar-refractivity contribution in [3.63, 3.8) is 0 Å². The maximum atomic E-state index is 12.5. The number of rotatable bonds is 4. The van der Waals surface area contributed by atoms with Gasteiger partial charge in [0.1, 0.15) is 0 Å². The topological polar surface area (TPSA) is 40.6 Å². The van der Waals surface area contributed by atoms with Gasteiger partial charge in [0.25, 0.3) is 5.91 Å². The highest BCUT2D eigenvalue weighted by Crippen LogP contribution is 2.14. The van der Waals surface area contributed by atoms with Crippen LogP contribution in [0.4, 0.5) is 0 Å². The van der Waals surface area contributed by atoms with Gasteiger partial charge in [0.15, 0.2) is 0 Å². The van der Waals surface area contributed by atoms with Crippen molar-refractivity contribution in [2.24, 2.45) is 0 Å². The zero-order chi connectivity index (χ0) is 18.5. The number of benzene rings is 2. The van der Waals surface area contributed by atoms with Crippen molar-refractivity contribution in [1.82, 2.24) is 9.80 Å². The molecule has 136 valence electrons. The van der Waals surface area contributed by atoms with Gasteiger partial charge in [0, 0.05) is 43.2 Å². The SMILES string of the molecule is Cc1cccc(CCC(=O)N2CCN(C(=O)c3ccc(Cl)cc3)CC2)c1. The van der Waals surface area contributed by atoms with E-state index in [1.165, 1.54) is 11.1 Å². The van der Waals surface area contributed by atoms with Gasteiger partial charge in [0.2, 0.25) is 5.91 Å². The monoisotopic (exact) mass is 370 g/mol. The smallest absolute Gasteiger partial charge is 0.253 e. The van der Waals surface area contributed by atoms with Crippen LogP contribution in [-0.2, 0) is 11.2 Å². The largest absolute Gasteiger partial charge is 0.339 e. The fourth-order valence-corrected chi connectivity index (χ4v) is 3.34. The third kappa shape index (κ3) is 4.64. The van der Waals surface area contributed by atoms with Crippen LogP contribution in [0.25, 0.3) is 0 Å². The molecule has 0 aliphatic carbocycles. The molecule has 3 rings (SSSR count). The molecule has 2 amide bonds. The molecule has 0 aromatic heterocycles. The van der Waals surface area contributed by atoms with E-state index in [9.17, 15) is 9.59 Å². The van der Waals surface area contributed by atoms with Gasteiger partial charge < -0.3 is 9.80 Å². The maximum Gasteiger partial charge on any atom is 0.253 e. The number of hydrogen-bond donors (Lipinski definition) is 0. The average Bonchev–Trinajstić information content (AvgIpc) is 2.66. The maximum absolute atomic E-state index is 12.5. The molecule has 26 heavy (non-hydrogen) atoms. The molecule has 0 radical (unpaired) electrons. The van der Waals surface area contributed by atoms with Gasteiger partial charge in [0.05, 0.1) is 0 Å². The van der Waals surface area contributed by atoms with Gasteiger partial charge in [-0.15, -0.1) is 0 Å². The Kier molecular flexibility index (Phi) is 5.94. The van der Waals surface area contributed by atoms with Crippen molar-refractivity contribution < 1.29 is 9.59 Å². The summed E-state index contributed by atoms with van der Waals surface area (Å²) in [6.45, 7) is 4.37. The Morgan fingerprint density at radius 1 is 0.962 bits per heavy atom. The number of nitrogens with zero attached hydrogens (tertiary/aromatic N) is 2. The van der Waals surface area contributed by atoms with Gasteiger partial charge in [-0.1, -0.05) is 41.4 Å². The Morgan fingerprint density at radius 3 is 2.27 bits per heavy atom. The van der Waals surface area contributed by atoms with Crippen LogP contribution in [0.15, 0.2) is 48.5 Å². The van der Waals surface area contributed by atoms with E-state index in [-0.39, 0.29) is 11.8 Å². The third-order valence-electron chi connectivity index (χ3n) is 4.72. The van der Waals surface area contributed by atoms with Crippen molar-refractivity contribution in [3.05, 3.63) is 70.2 Å². The van der Waals surface area contributed by atoms with Gasteiger partial charge in [-0.3, -0.25) is 9.59 Å². The van der Waals surface area contributed by atoms with Crippen LogP contribution >= 0.6 is 11.6 Å². The second kappa shape index (κ2) is 8.37.